The van der Waals surface area contributed by atoms with Crippen LogP contribution >= 0.6 is 0 Å². The Kier molecular flexibility index (Phi) is 10.5. The third-order valence-electron chi connectivity index (χ3n) is 1.83. The molecule has 0 aliphatic rings. The summed E-state index contributed by atoms with van der Waals surface area (Å²) in [7, 11) is -6.00. The van der Waals surface area contributed by atoms with Gasteiger partial charge in [-0.2, -0.15) is 0 Å². The van der Waals surface area contributed by atoms with Crippen molar-refractivity contribution in [3.05, 3.63) is 30.1 Å². The SMILES string of the molecule is CCCC[n+]1ccc(C)cc1.F[B-](F)(F)F.[Cu]. The van der Waals surface area contributed by atoms with E-state index in [1.165, 1.54) is 18.4 Å². The van der Waals surface area contributed by atoms with Crippen LogP contribution in [-0.2, 0) is 23.6 Å². The molecule has 1 rings (SSSR count). The number of pyridine rings is 1. The van der Waals surface area contributed by atoms with Crippen LogP contribution < -0.4 is 4.57 Å². The summed E-state index contributed by atoms with van der Waals surface area (Å²) in [5.74, 6) is 0. The quantitative estimate of drug-likeness (QED) is 0.458. The minimum absolute atomic E-state index is 0. The Balaban J connectivity index is 0. The predicted molar refractivity (Wildman–Crippen MR) is 56.5 cm³/mol. The van der Waals surface area contributed by atoms with Crippen LogP contribution in [0.4, 0.5) is 17.3 Å². The molecule has 1 aromatic rings. The Bertz CT molecular complexity index is 283. The molecule has 0 fully saturated rings. The van der Waals surface area contributed by atoms with E-state index >= 15 is 0 Å². The Morgan fingerprint density at radius 1 is 1.12 bits per heavy atom. The summed E-state index contributed by atoms with van der Waals surface area (Å²) in [6, 6.07) is 4.30. The van der Waals surface area contributed by atoms with Crippen molar-refractivity contribution in [1.82, 2.24) is 0 Å². The maximum Gasteiger partial charge on any atom is 0.673 e. The second kappa shape index (κ2) is 9.48. The number of hydrogen-bond donors (Lipinski definition) is 0. The van der Waals surface area contributed by atoms with E-state index < -0.39 is 7.25 Å². The van der Waals surface area contributed by atoms with Gasteiger partial charge in [-0.15, -0.1) is 0 Å². The van der Waals surface area contributed by atoms with Crippen molar-refractivity contribution < 1.29 is 38.9 Å². The minimum Gasteiger partial charge on any atom is -0.418 e. The van der Waals surface area contributed by atoms with Gasteiger partial charge in [-0.3, -0.25) is 0 Å². The molecule has 1 radical (unpaired) electrons. The molecule has 0 unspecified atom stereocenters. The van der Waals surface area contributed by atoms with Crippen LogP contribution in [0.5, 0.6) is 0 Å². The van der Waals surface area contributed by atoms with Gasteiger partial charge in [0.25, 0.3) is 0 Å². The van der Waals surface area contributed by atoms with E-state index in [9.17, 15) is 17.3 Å². The third-order valence-corrected chi connectivity index (χ3v) is 1.83. The van der Waals surface area contributed by atoms with Crippen molar-refractivity contribution in [2.45, 2.75) is 33.2 Å². The van der Waals surface area contributed by atoms with Crippen LogP contribution in [0.25, 0.3) is 0 Å². The average molecular weight is 301 g/mol. The van der Waals surface area contributed by atoms with E-state index in [0.717, 1.165) is 6.54 Å². The van der Waals surface area contributed by atoms with Crippen LogP contribution in [0, 0.1) is 6.92 Å². The molecule has 1 heterocycles. The first kappa shape index (κ1) is 18.8. The third kappa shape index (κ3) is 15.5. The summed E-state index contributed by atoms with van der Waals surface area (Å²) in [5, 5.41) is 0. The molecule has 0 amide bonds. The Hall–Kier alpha value is -0.546. The Morgan fingerprint density at radius 2 is 1.53 bits per heavy atom. The molecule has 7 heteroatoms. The summed E-state index contributed by atoms with van der Waals surface area (Å²) >= 11 is 0. The van der Waals surface area contributed by atoms with Gasteiger partial charge in [-0.1, -0.05) is 13.3 Å². The Labute approximate surface area is 110 Å². The molecular formula is C10H16BCuF4N. The van der Waals surface area contributed by atoms with Crippen LogP contribution in [0.2, 0.25) is 0 Å². The number of nitrogens with zero attached hydrogens (tertiary/aromatic N) is 1. The second-order valence-electron chi connectivity index (χ2n) is 3.46. The smallest absolute Gasteiger partial charge is 0.418 e. The maximum absolute atomic E-state index is 9.75. The van der Waals surface area contributed by atoms with E-state index in [1.807, 2.05) is 0 Å². The summed E-state index contributed by atoms with van der Waals surface area (Å²) in [5.41, 5.74) is 1.33. The van der Waals surface area contributed by atoms with E-state index in [4.69, 9.17) is 0 Å². The zero-order valence-corrected chi connectivity index (χ0v) is 10.7. The van der Waals surface area contributed by atoms with Crippen molar-refractivity contribution in [3.8, 4) is 0 Å². The zero-order chi connectivity index (χ0) is 12.6. The van der Waals surface area contributed by atoms with Gasteiger partial charge in [0.2, 0.25) is 0 Å². The van der Waals surface area contributed by atoms with Crippen LogP contribution in [0.15, 0.2) is 24.5 Å². The van der Waals surface area contributed by atoms with Crippen molar-refractivity contribution >= 4 is 7.25 Å². The van der Waals surface area contributed by atoms with E-state index in [0.29, 0.717) is 0 Å². The van der Waals surface area contributed by atoms with Gasteiger partial charge < -0.3 is 17.3 Å². The fourth-order valence-electron chi connectivity index (χ4n) is 1.02. The number of rotatable bonds is 3. The van der Waals surface area contributed by atoms with Gasteiger partial charge >= 0.3 is 7.25 Å². The van der Waals surface area contributed by atoms with Crippen molar-refractivity contribution in [1.29, 1.82) is 0 Å². The van der Waals surface area contributed by atoms with E-state index in [-0.39, 0.29) is 17.1 Å². The first-order chi connectivity index (χ1) is 7.33. The van der Waals surface area contributed by atoms with Crippen molar-refractivity contribution in [2.24, 2.45) is 0 Å². The van der Waals surface area contributed by atoms with Crippen molar-refractivity contribution in [3.63, 3.8) is 0 Å². The molecule has 0 bridgehead atoms. The molecule has 0 aliphatic heterocycles. The number of aromatic nitrogens is 1. The first-order valence-electron chi connectivity index (χ1n) is 5.16. The van der Waals surface area contributed by atoms with Crippen LogP contribution in [0.1, 0.15) is 25.3 Å². The van der Waals surface area contributed by atoms with Gasteiger partial charge in [-0.25, -0.2) is 4.57 Å². The summed E-state index contributed by atoms with van der Waals surface area (Å²) in [6.45, 7) is 5.48. The normalized spacial score (nSPS) is 10.0. The standard InChI is InChI=1S/C10H16N.BF4.Cu/c1-3-4-7-11-8-5-10(2)6-9-11;2-1(3,4)5;/h5-6,8-9H,3-4,7H2,1-2H3;;/q+1;-1;. The molecule has 0 saturated heterocycles. The molecule has 1 aromatic heterocycles. The number of hydrogen-bond acceptors (Lipinski definition) is 0. The molecule has 0 atom stereocenters. The average Bonchev–Trinajstić information content (AvgIpc) is 2.14. The maximum atomic E-state index is 9.75. The van der Waals surface area contributed by atoms with E-state index in [1.54, 1.807) is 0 Å². The van der Waals surface area contributed by atoms with Crippen LogP contribution in [0.3, 0.4) is 0 Å². The molecule has 0 N–H and O–H groups in total. The summed E-state index contributed by atoms with van der Waals surface area (Å²) < 4.78 is 41.2. The van der Waals surface area contributed by atoms with Gasteiger partial charge in [0.1, 0.15) is 6.54 Å². The first-order valence-corrected chi connectivity index (χ1v) is 5.16. The zero-order valence-electron chi connectivity index (χ0n) is 9.77. The van der Waals surface area contributed by atoms with Crippen molar-refractivity contribution in [2.75, 3.05) is 0 Å². The number of unbranched alkanes of at least 4 members (excludes halogenated alkanes) is 1. The minimum atomic E-state index is -6.00. The molecule has 1 nitrogen and oxygen atoms in total. The van der Waals surface area contributed by atoms with Crippen LogP contribution in [-0.4, -0.2) is 7.25 Å². The molecule has 0 spiro atoms. The predicted octanol–water partition coefficient (Wildman–Crippen LogP) is 3.38. The largest absolute Gasteiger partial charge is 0.673 e. The molecule has 0 aliphatic carbocycles. The molecular weight excluding hydrogens is 284 g/mol. The fraction of sp³-hybridized carbons (Fsp3) is 0.500. The monoisotopic (exact) mass is 300 g/mol. The summed E-state index contributed by atoms with van der Waals surface area (Å²) in [6.07, 6.45) is 6.82. The Morgan fingerprint density at radius 3 is 1.88 bits per heavy atom. The second-order valence-corrected chi connectivity index (χ2v) is 3.46. The molecule has 17 heavy (non-hydrogen) atoms. The number of aryl methyl sites for hydroxylation is 2. The summed E-state index contributed by atoms with van der Waals surface area (Å²) in [4.78, 5) is 0. The fourth-order valence-corrected chi connectivity index (χ4v) is 1.02. The van der Waals surface area contributed by atoms with Gasteiger partial charge in [-0.05, 0) is 12.5 Å². The molecule has 0 aromatic carbocycles. The molecule has 0 saturated carbocycles. The van der Waals surface area contributed by atoms with Gasteiger partial charge in [0.05, 0.1) is 0 Å². The van der Waals surface area contributed by atoms with Gasteiger partial charge in [0, 0.05) is 35.6 Å². The molecule has 103 valence electrons. The number of halogens is 4. The van der Waals surface area contributed by atoms with Gasteiger partial charge in [0.15, 0.2) is 12.4 Å². The van der Waals surface area contributed by atoms with E-state index in [2.05, 4.69) is 42.9 Å². The topological polar surface area (TPSA) is 3.88 Å².